The van der Waals surface area contributed by atoms with Crippen molar-refractivity contribution in [1.29, 1.82) is 0 Å². The Morgan fingerprint density at radius 2 is 1.62 bits per heavy atom. The van der Waals surface area contributed by atoms with Crippen LogP contribution in [0.1, 0.15) is 40.2 Å². The smallest absolute Gasteiger partial charge is 0.255 e. The van der Waals surface area contributed by atoms with Gasteiger partial charge in [-0.2, -0.15) is 0 Å². The summed E-state index contributed by atoms with van der Waals surface area (Å²) in [6.07, 6.45) is 4.14. The van der Waals surface area contributed by atoms with Gasteiger partial charge < -0.3 is 19.5 Å². The summed E-state index contributed by atoms with van der Waals surface area (Å²) < 4.78 is 18.3. The van der Waals surface area contributed by atoms with Crippen molar-refractivity contribution in [2.45, 2.75) is 25.4 Å². The van der Waals surface area contributed by atoms with E-state index in [2.05, 4.69) is 5.32 Å². The summed E-state index contributed by atoms with van der Waals surface area (Å²) in [4.78, 5) is 17.3. The molecule has 1 aliphatic rings. The molecule has 6 heteroatoms. The van der Waals surface area contributed by atoms with Crippen LogP contribution < -0.4 is 19.5 Å². The van der Waals surface area contributed by atoms with Crippen molar-refractivity contribution >= 4 is 22.5 Å². The molecule has 4 aromatic carbocycles. The number of rotatable bonds is 9. The van der Waals surface area contributed by atoms with Crippen LogP contribution in [0, 0.1) is 0 Å². The average molecular weight is 517 g/mol. The van der Waals surface area contributed by atoms with Crippen LogP contribution in [0.4, 0.5) is 5.69 Å². The van der Waals surface area contributed by atoms with E-state index in [4.69, 9.17) is 19.2 Å². The minimum atomic E-state index is -0.155. The van der Waals surface area contributed by atoms with Crippen LogP contribution in [0.2, 0.25) is 0 Å². The first-order valence-corrected chi connectivity index (χ1v) is 13.0. The topological polar surface area (TPSA) is 69.7 Å². The number of carbonyl (C=O) groups excluding carboxylic acids is 1. The zero-order valence-corrected chi connectivity index (χ0v) is 21.6. The lowest BCUT2D eigenvalue weighted by Crippen LogP contribution is -2.11. The van der Waals surface area contributed by atoms with E-state index in [0.29, 0.717) is 41.0 Å². The highest BCUT2D eigenvalue weighted by molar-refractivity contribution is 6.04. The molecule has 0 aliphatic heterocycles. The van der Waals surface area contributed by atoms with Crippen molar-refractivity contribution in [3.05, 3.63) is 120 Å². The number of nitrogens with one attached hydrogen (secondary N) is 1. The van der Waals surface area contributed by atoms with Crippen LogP contribution in [-0.2, 0) is 6.61 Å². The van der Waals surface area contributed by atoms with Gasteiger partial charge in [0.05, 0.1) is 12.6 Å². The number of aromatic nitrogens is 1. The summed E-state index contributed by atoms with van der Waals surface area (Å²) in [5.41, 5.74) is 4.23. The Morgan fingerprint density at radius 3 is 2.31 bits per heavy atom. The molecule has 1 fully saturated rings. The van der Waals surface area contributed by atoms with Gasteiger partial charge >= 0.3 is 0 Å². The van der Waals surface area contributed by atoms with E-state index in [1.54, 1.807) is 19.2 Å². The van der Waals surface area contributed by atoms with Crippen LogP contribution in [-0.4, -0.2) is 18.0 Å². The van der Waals surface area contributed by atoms with E-state index in [-0.39, 0.29) is 5.91 Å². The van der Waals surface area contributed by atoms with E-state index in [0.717, 1.165) is 40.6 Å². The molecule has 0 atom stereocenters. The summed E-state index contributed by atoms with van der Waals surface area (Å²) in [6.45, 7) is 0.430. The van der Waals surface area contributed by atoms with Crippen molar-refractivity contribution in [2.24, 2.45) is 0 Å². The Balaban J connectivity index is 1.27. The largest absolute Gasteiger partial charge is 0.493 e. The first kappa shape index (κ1) is 24.5. The Bertz CT molecular complexity index is 1600. The standard InChI is InChI=1S/C33H28N2O4/c1-37-30-18-27-29(19-31(30)38-21-22-8-4-2-5-9-22)34-20-28(23-12-13-23)32(27)39-26-16-14-25(15-17-26)35-33(36)24-10-6-3-7-11-24/h2-11,14-20,23H,12-13,21H2,1H3,(H,35,36). The maximum Gasteiger partial charge on any atom is 0.255 e. The van der Waals surface area contributed by atoms with E-state index in [9.17, 15) is 4.79 Å². The number of fused-ring (bicyclic) bond motifs is 1. The van der Waals surface area contributed by atoms with E-state index >= 15 is 0 Å². The molecule has 39 heavy (non-hydrogen) atoms. The van der Waals surface area contributed by atoms with E-state index in [1.165, 1.54) is 0 Å². The molecular weight excluding hydrogens is 488 g/mol. The van der Waals surface area contributed by atoms with Gasteiger partial charge in [-0.3, -0.25) is 9.78 Å². The second kappa shape index (κ2) is 10.9. The Kier molecular flexibility index (Phi) is 6.83. The third-order valence-electron chi connectivity index (χ3n) is 6.75. The fraction of sp³-hybridized carbons (Fsp3) is 0.152. The fourth-order valence-corrected chi connectivity index (χ4v) is 4.51. The van der Waals surface area contributed by atoms with Crippen LogP contribution in [0.3, 0.4) is 0 Å². The summed E-state index contributed by atoms with van der Waals surface area (Å²) in [7, 11) is 1.64. The maximum absolute atomic E-state index is 12.5. The monoisotopic (exact) mass is 516 g/mol. The highest BCUT2D eigenvalue weighted by Crippen LogP contribution is 2.48. The number of hydrogen-bond donors (Lipinski definition) is 1. The van der Waals surface area contributed by atoms with Crippen molar-refractivity contribution in [3.8, 4) is 23.0 Å². The molecule has 1 aliphatic carbocycles. The van der Waals surface area contributed by atoms with E-state index < -0.39 is 0 Å². The molecule has 0 bridgehead atoms. The zero-order valence-electron chi connectivity index (χ0n) is 21.6. The van der Waals surface area contributed by atoms with E-state index in [1.807, 2.05) is 91.1 Å². The number of anilines is 1. The predicted octanol–water partition coefficient (Wildman–Crippen LogP) is 7.74. The molecule has 0 saturated heterocycles. The molecule has 1 saturated carbocycles. The molecule has 6 rings (SSSR count). The van der Waals surface area contributed by atoms with Gasteiger partial charge in [0.2, 0.25) is 0 Å². The van der Waals surface area contributed by atoms with Gasteiger partial charge in [-0.1, -0.05) is 48.5 Å². The van der Waals surface area contributed by atoms with Crippen molar-refractivity contribution in [2.75, 3.05) is 12.4 Å². The molecular formula is C33H28N2O4. The van der Waals surface area contributed by atoms with Gasteiger partial charge in [0.25, 0.3) is 5.91 Å². The normalized spacial score (nSPS) is 12.6. The molecule has 5 aromatic rings. The number of ether oxygens (including phenoxy) is 3. The lowest BCUT2D eigenvalue weighted by atomic mass is 10.1. The van der Waals surface area contributed by atoms with Crippen molar-refractivity contribution in [3.63, 3.8) is 0 Å². The number of amides is 1. The third kappa shape index (κ3) is 5.55. The summed E-state index contributed by atoms with van der Waals surface area (Å²) in [5, 5.41) is 3.79. The van der Waals surface area contributed by atoms with Gasteiger partial charge in [0, 0.05) is 34.5 Å². The molecule has 1 N–H and O–H groups in total. The summed E-state index contributed by atoms with van der Waals surface area (Å²) in [5.74, 6) is 2.98. The first-order valence-electron chi connectivity index (χ1n) is 13.0. The minimum absolute atomic E-state index is 0.155. The van der Waals surface area contributed by atoms with Crippen LogP contribution >= 0.6 is 0 Å². The maximum atomic E-state index is 12.5. The average Bonchev–Trinajstić information content (AvgIpc) is 3.83. The van der Waals surface area contributed by atoms with Gasteiger partial charge in [-0.25, -0.2) is 0 Å². The molecule has 1 heterocycles. The SMILES string of the molecule is COc1cc2c(Oc3ccc(NC(=O)c4ccccc4)cc3)c(C3CC3)cnc2cc1OCc1ccccc1. The minimum Gasteiger partial charge on any atom is -0.493 e. The zero-order chi connectivity index (χ0) is 26.6. The second-order valence-electron chi connectivity index (χ2n) is 9.56. The predicted molar refractivity (Wildman–Crippen MR) is 152 cm³/mol. The van der Waals surface area contributed by atoms with Crippen molar-refractivity contribution in [1.82, 2.24) is 4.98 Å². The summed E-state index contributed by atoms with van der Waals surface area (Å²) >= 11 is 0. The van der Waals surface area contributed by atoms with Gasteiger partial charge in [0.15, 0.2) is 11.5 Å². The van der Waals surface area contributed by atoms with Gasteiger partial charge in [0.1, 0.15) is 18.1 Å². The first-order chi connectivity index (χ1) is 19.2. The van der Waals surface area contributed by atoms with Crippen LogP contribution in [0.15, 0.2) is 103 Å². The highest BCUT2D eigenvalue weighted by Gasteiger charge is 2.29. The number of methoxy groups -OCH3 is 1. The fourth-order valence-electron chi connectivity index (χ4n) is 4.51. The third-order valence-corrected chi connectivity index (χ3v) is 6.75. The summed E-state index contributed by atoms with van der Waals surface area (Å²) in [6, 6.07) is 30.4. The molecule has 1 amide bonds. The molecule has 0 spiro atoms. The van der Waals surface area contributed by atoms with Gasteiger partial charge in [-0.15, -0.1) is 0 Å². The molecule has 6 nitrogen and oxygen atoms in total. The number of pyridine rings is 1. The molecule has 194 valence electrons. The quantitative estimate of drug-likeness (QED) is 0.217. The Morgan fingerprint density at radius 1 is 0.897 bits per heavy atom. The number of nitrogens with zero attached hydrogens (tertiary/aromatic N) is 1. The second-order valence-corrected chi connectivity index (χ2v) is 9.56. The number of carbonyl (C=O) groups is 1. The van der Waals surface area contributed by atoms with Gasteiger partial charge in [-0.05, 0) is 66.8 Å². The Hall–Kier alpha value is -4.84. The Labute approximate surface area is 227 Å². The molecule has 1 aromatic heterocycles. The lowest BCUT2D eigenvalue weighted by molar-refractivity contribution is 0.102. The van der Waals surface area contributed by atoms with Crippen LogP contribution in [0.5, 0.6) is 23.0 Å². The highest BCUT2D eigenvalue weighted by atomic mass is 16.5. The number of hydrogen-bond acceptors (Lipinski definition) is 5. The molecule has 0 radical (unpaired) electrons. The number of benzene rings is 4. The molecule has 0 unspecified atom stereocenters. The lowest BCUT2D eigenvalue weighted by Gasteiger charge is -2.17. The van der Waals surface area contributed by atoms with Crippen molar-refractivity contribution < 1.29 is 19.0 Å². The van der Waals surface area contributed by atoms with Crippen LogP contribution in [0.25, 0.3) is 10.9 Å².